The van der Waals surface area contributed by atoms with E-state index in [2.05, 4.69) is 31.2 Å². The van der Waals surface area contributed by atoms with Crippen LogP contribution >= 0.6 is 0 Å². The van der Waals surface area contributed by atoms with Crippen LogP contribution in [0.5, 0.6) is 0 Å². The molecule has 0 unspecified atom stereocenters. The van der Waals surface area contributed by atoms with Gasteiger partial charge in [-0.2, -0.15) is 0 Å². The molecule has 3 aromatic carbocycles. The fourth-order valence-corrected chi connectivity index (χ4v) is 4.44. The SMILES string of the molecule is CCCCCCCCCCc1ccc(-c2ccc(-c3ccc(CCC)c(F)c3F)cc2)cc1. The summed E-state index contributed by atoms with van der Waals surface area (Å²) in [5, 5.41) is 0. The maximum Gasteiger partial charge on any atom is 0.166 e. The monoisotopic (exact) mass is 448 g/mol. The predicted octanol–water partition coefficient (Wildman–Crippen LogP) is 9.93. The predicted molar refractivity (Wildman–Crippen MR) is 138 cm³/mol. The fourth-order valence-electron chi connectivity index (χ4n) is 4.44. The first-order valence-electron chi connectivity index (χ1n) is 12.8. The third-order valence-corrected chi connectivity index (χ3v) is 6.48. The molecule has 0 aliphatic carbocycles. The molecule has 2 heteroatoms. The lowest BCUT2D eigenvalue weighted by molar-refractivity contribution is 0.500. The van der Waals surface area contributed by atoms with E-state index in [1.54, 1.807) is 12.1 Å². The quantitative estimate of drug-likeness (QED) is 0.228. The smallest absolute Gasteiger partial charge is 0.166 e. The van der Waals surface area contributed by atoms with Gasteiger partial charge in [-0.1, -0.05) is 126 Å². The van der Waals surface area contributed by atoms with Gasteiger partial charge in [0.05, 0.1) is 0 Å². The summed E-state index contributed by atoms with van der Waals surface area (Å²) in [6.45, 7) is 4.23. The Balaban J connectivity index is 1.54. The van der Waals surface area contributed by atoms with Gasteiger partial charge in [0.1, 0.15) is 0 Å². The number of rotatable bonds is 13. The second-order valence-electron chi connectivity index (χ2n) is 9.15. The summed E-state index contributed by atoms with van der Waals surface area (Å²) >= 11 is 0. The minimum absolute atomic E-state index is 0.319. The van der Waals surface area contributed by atoms with Crippen molar-refractivity contribution < 1.29 is 8.78 Å². The van der Waals surface area contributed by atoms with E-state index in [0.29, 0.717) is 23.1 Å². The average Bonchev–Trinajstić information content (AvgIpc) is 2.84. The molecule has 0 atom stereocenters. The summed E-state index contributed by atoms with van der Waals surface area (Å²) < 4.78 is 28.9. The summed E-state index contributed by atoms with van der Waals surface area (Å²) in [6, 6.07) is 19.9. The number of unbranched alkanes of at least 4 members (excludes halogenated alkanes) is 7. The van der Waals surface area contributed by atoms with Gasteiger partial charge in [0.25, 0.3) is 0 Å². The van der Waals surface area contributed by atoms with Crippen LogP contribution in [0.4, 0.5) is 8.78 Å². The van der Waals surface area contributed by atoms with Gasteiger partial charge >= 0.3 is 0 Å². The lowest BCUT2D eigenvalue weighted by Gasteiger charge is -2.10. The second-order valence-corrected chi connectivity index (χ2v) is 9.15. The zero-order chi connectivity index (χ0) is 23.5. The van der Waals surface area contributed by atoms with E-state index in [9.17, 15) is 8.78 Å². The van der Waals surface area contributed by atoms with E-state index < -0.39 is 11.6 Å². The van der Waals surface area contributed by atoms with Crippen molar-refractivity contribution in [3.8, 4) is 22.3 Å². The molecule has 0 aliphatic heterocycles. The molecule has 0 saturated heterocycles. The molecule has 0 spiro atoms. The molecule has 0 heterocycles. The molecule has 0 saturated carbocycles. The topological polar surface area (TPSA) is 0 Å². The van der Waals surface area contributed by atoms with E-state index >= 15 is 0 Å². The molecule has 0 nitrogen and oxygen atoms in total. The van der Waals surface area contributed by atoms with Gasteiger partial charge in [0.15, 0.2) is 11.6 Å². The Morgan fingerprint density at radius 1 is 0.485 bits per heavy atom. The van der Waals surface area contributed by atoms with Crippen LogP contribution in [0.3, 0.4) is 0 Å². The Morgan fingerprint density at radius 2 is 1.03 bits per heavy atom. The molecule has 0 fully saturated rings. The van der Waals surface area contributed by atoms with Crippen LogP contribution in [-0.4, -0.2) is 0 Å². The summed E-state index contributed by atoms with van der Waals surface area (Å²) in [5.74, 6) is -1.47. The van der Waals surface area contributed by atoms with E-state index in [-0.39, 0.29) is 0 Å². The number of hydrogen-bond acceptors (Lipinski definition) is 0. The highest BCUT2D eigenvalue weighted by Gasteiger charge is 2.14. The first kappa shape index (κ1) is 25.1. The molecule has 3 aromatic rings. The molecule has 0 N–H and O–H groups in total. The van der Waals surface area contributed by atoms with Gasteiger partial charge in [-0.05, 0) is 47.1 Å². The Hall–Kier alpha value is -2.48. The largest absolute Gasteiger partial charge is 0.203 e. The standard InChI is InChI=1S/C31H38F2/c1-3-5-6-7-8-9-10-11-13-24-14-16-25(17-15-24)26-18-20-27(21-19-26)29-23-22-28(12-4-2)30(32)31(29)33/h14-23H,3-13H2,1-2H3. The third kappa shape index (κ3) is 7.25. The minimum atomic E-state index is -0.751. The van der Waals surface area contributed by atoms with Crippen molar-refractivity contribution in [2.75, 3.05) is 0 Å². The van der Waals surface area contributed by atoms with Crippen molar-refractivity contribution in [1.82, 2.24) is 0 Å². The summed E-state index contributed by atoms with van der Waals surface area (Å²) in [5.41, 5.74) is 5.07. The molecule has 176 valence electrons. The molecule has 0 aromatic heterocycles. The lowest BCUT2D eigenvalue weighted by atomic mass is 9.97. The van der Waals surface area contributed by atoms with Crippen molar-refractivity contribution in [3.63, 3.8) is 0 Å². The first-order valence-corrected chi connectivity index (χ1v) is 12.8. The van der Waals surface area contributed by atoms with Gasteiger partial charge in [0.2, 0.25) is 0 Å². The number of benzene rings is 3. The Morgan fingerprint density at radius 3 is 1.64 bits per heavy atom. The molecule has 0 amide bonds. The zero-order valence-corrected chi connectivity index (χ0v) is 20.3. The van der Waals surface area contributed by atoms with Crippen molar-refractivity contribution >= 4 is 0 Å². The normalized spacial score (nSPS) is 11.2. The van der Waals surface area contributed by atoms with Gasteiger partial charge in [-0.15, -0.1) is 0 Å². The van der Waals surface area contributed by atoms with Gasteiger partial charge in [-0.25, -0.2) is 8.78 Å². The van der Waals surface area contributed by atoms with Crippen LogP contribution in [0.1, 0.15) is 82.8 Å². The molecule has 0 aliphatic rings. The van der Waals surface area contributed by atoms with Crippen LogP contribution in [0.15, 0.2) is 60.7 Å². The minimum Gasteiger partial charge on any atom is -0.203 e. The average molecular weight is 449 g/mol. The zero-order valence-electron chi connectivity index (χ0n) is 20.3. The van der Waals surface area contributed by atoms with Crippen molar-refractivity contribution in [1.29, 1.82) is 0 Å². The molecule has 33 heavy (non-hydrogen) atoms. The van der Waals surface area contributed by atoms with Gasteiger partial charge in [0, 0.05) is 5.56 Å². The molecule has 0 bridgehead atoms. The van der Waals surface area contributed by atoms with Crippen LogP contribution < -0.4 is 0 Å². The summed E-state index contributed by atoms with van der Waals surface area (Å²) in [4.78, 5) is 0. The van der Waals surface area contributed by atoms with Crippen LogP contribution in [0.25, 0.3) is 22.3 Å². The molecular weight excluding hydrogens is 410 g/mol. The Labute approximate surface area is 199 Å². The highest BCUT2D eigenvalue weighted by Crippen LogP contribution is 2.29. The summed E-state index contributed by atoms with van der Waals surface area (Å²) in [6.07, 6.45) is 13.2. The number of hydrogen-bond donors (Lipinski definition) is 0. The Bertz CT molecular complexity index is 971. The van der Waals surface area contributed by atoms with Crippen molar-refractivity contribution in [2.24, 2.45) is 0 Å². The van der Waals surface area contributed by atoms with E-state index in [1.165, 1.54) is 56.9 Å². The van der Waals surface area contributed by atoms with Crippen LogP contribution in [0.2, 0.25) is 0 Å². The second kappa shape index (κ2) is 13.3. The number of halogens is 2. The number of aryl methyl sites for hydroxylation is 2. The fraction of sp³-hybridized carbons (Fsp3) is 0.419. The van der Waals surface area contributed by atoms with Crippen LogP contribution in [0, 0.1) is 11.6 Å². The molecule has 3 rings (SSSR count). The molecular formula is C31H38F2. The third-order valence-electron chi connectivity index (χ3n) is 6.48. The van der Waals surface area contributed by atoms with Gasteiger partial charge < -0.3 is 0 Å². The Kier molecular flexibility index (Phi) is 10.1. The lowest BCUT2D eigenvalue weighted by Crippen LogP contribution is -1.97. The van der Waals surface area contributed by atoms with E-state index in [1.807, 2.05) is 31.2 Å². The maximum atomic E-state index is 14.6. The highest BCUT2D eigenvalue weighted by atomic mass is 19.2. The van der Waals surface area contributed by atoms with Gasteiger partial charge in [-0.3, -0.25) is 0 Å². The van der Waals surface area contributed by atoms with Crippen molar-refractivity contribution in [2.45, 2.75) is 84.5 Å². The maximum absolute atomic E-state index is 14.6. The highest BCUT2D eigenvalue weighted by molar-refractivity contribution is 5.71. The van der Waals surface area contributed by atoms with E-state index in [0.717, 1.165) is 24.0 Å². The molecule has 0 radical (unpaired) electrons. The summed E-state index contributed by atoms with van der Waals surface area (Å²) in [7, 11) is 0. The first-order chi connectivity index (χ1) is 16.1. The van der Waals surface area contributed by atoms with E-state index in [4.69, 9.17) is 0 Å². The van der Waals surface area contributed by atoms with Crippen molar-refractivity contribution in [3.05, 3.63) is 83.4 Å². The van der Waals surface area contributed by atoms with Crippen LogP contribution in [-0.2, 0) is 12.8 Å².